The fraction of sp³-hybridized carbons (Fsp3) is 0.400. The van der Waals surface area contributed by atoms with E-state index in [1.165, 1.54) is 11.1 Å². The molecule has 2 nitrogen and oxygen atoms in total. The molecule has 1 aromatic rings. The average molecular weight is 227 g/mol. The molecule has 0 aromatic heterocycles. The third-order valence-electron chi connectivity index (χ3n) is 3.59. The monoisotopic (exact) mass is 227 g/mol. The first-order chi connectivity index (χ1) is 8.34. The Balaban J connectivity index is 1.69. The van der Waals surface area contributed by atoms with Crippen LogP contribution >= 0.6 is 0 Å². The Bertz CT molecular complexity index is 445. The van der Waals surface area contributed by atoms with Gasteiger partial charge in [0.25, 0.3) is 0 Å². The molecular formula is C15H17NO. The van der Waals surface area contributed by atoms with Crippen molar-refractivity contribution < 1.29 is 4.79 Å². The molecule has 2 aliphatic rings. The highest BCUT2D eigenvalue weighted by molar-refractivity contribution is 5.82. The first kappa shape index (κ1) is 10.6. The Morgan fingerprint density at radius 1 is 1.18 bits per heavy atom. The maximum absolute atomic E-state index is 11.9. The Morgan fingerprint density at radius 3 is 2.53 bits per heavy atom. The predicted octanol–water partition coefficient (Wildman–Crippen LogP) is 2.71. The summed E-state index contributed by atoms with van der Waals surface area (Å²) in [4.78, 5) is 13.9. The van der Waals surface area contributed by atoms with Crippen molar-refractivity contribution in [2.24, 2.45) is 5.92 Å². The summed E-state index contributed by atoms with van der Waals surface area (Å²) in [5, 5.41) is 0. The standard InChI is InChI=1S/C15H17NO/c17-15(14-6-7-14)16-10-8-13(9-11-16)12-4-2-1-3-5-12/h1-5,8,14H,6-7,9-11H2. The van der Waals surface area contributed by atoms with E-state index in [-0.39, 0.29) is 0 Å². The van der Waals surface area contributed by atoms with Crippen molar-refractivity contribution in [1.29, 1.82) is 0 Å². The van der Waals surface area contributed by atoms with E-state index < -0.39 is 0 Å². The van der Waals surface area contributed by atoms with Gasteiger partial charge >= 0.3 is 0 Å². The molecule has 1 aromatic carbocycles. The smallest absolute Gasteiger partial charge is 0.225 e. The van der Waals surface area contributed by atoms with Gasteiger partial charge in [-0.15, -0.1) is 0 Å². The van der Waals surface area contributed by atoms with Crippen molar-refractivity contribution in [1.82, 2.24) is 4.90 Å². The van der Waals surface area contributed by atoms with Crippen LogP contribution in [0.1, 0.15) is 24.8 Å². The third kappa shape index (κ3) is 2.26. The van der Waals surface area contributed by atoms with Gasteiger partial charge in [-0.3, -0.25) is 4.79 Å². The molecule has 1 saturated carbocycles. The molecule has 88 valence electrons. The highest BCUT2D eigenvalue weighted by atomic mass is 16.2. The first-order valence-corrected chi connectivity index (χ1v) is 6.38. The number of carbonyl (C=O) groups is 1. The minimum absolute atomic E-state index is 0.349. The average Bonchev–Trinajstić information content (AvgIpc) is 3.24. The Hall–Kier alpha value is -1.57. The van der Waals surface area contributed by atoms with Crippen molar-refractivity contribution in [2.45, 2.75) is 19.3 Å². The molecule has 0 spiro atoms. The lowest BCUT2D eigenvalue weighted by Gasteiger charge is -2.26. The summed E-state index contributed by atoms with van der Waals surface area (Å²) >= 11 is 0. The van der Waals surface area contributed by atoms with E-state index in [1.807, 2.05) is 11.0 Å². The number of carbonyl (C=O) groups excluding carboxylic acids is 1. The van der Waals surface area contributed by atoms with Crippen molar-refractivity contribution >= 4 is 11.5 Å². The van der Waals surface area contributed by atoms with Crippen LogP contribution in [0, 0.1) is 5.92 Å². The maximum Gasteiger partial charge on any atom is 0.225 e. The van der Waals surface area contributed by atoms with Gasteiger partial charge < -0.3 is 4.90 Å². The molecule has 0 radical (unpaired) electrons. The molecule has 17 heavy (non-hydrogen) atoms. The fourth-order valence-corrected chi connectivity index (χ4v) is 2.37. The summed E-state index contributed by atoms with van der Waals surface area (Å²) in [6.07, 6.45) is 5.40. The highest BCUT2D eigenvalue weighted by Crippen LogP contribution is 2.32. The lowest BCUT2D eigenvalue weighted by atomic mass is 9.99. The van der Waals surface area contributed by atoms with Crippen LogP contribution in [0.15, 0.2) is 36.4 Å². The van der Waals surface area contributed by atoms with Gasteiger partial charge in [-0.25, -0.2) is 0 Å². The summed E-state index contributed by atoms with van der Waals surface area (Å²) in [7, 11) is 0. The van der Waals surface area contributed by atoms with E-state index in [0.29, 0.717) is 11.8 Å². The number of hydrogen-bond donors (Lipinski definition) is 0. The van der Waals surface area contributed by atoms with E-state index in [2.05, 4.69) is 30.3 Å². The molecule has 1 fully saturated rings. The van der Waals surface area contributed by atoms with Gasteiger partial charge in [-0.05, 0) is 30.4 Å². The zero-order valence-electron chi connectivity index (χ0n) is 9.93. The van der Waals surface area contributed by atoms with Crippen LogP contribution in [0.5, 0.6) is 0 Å². The lowest BCUT2D eigenvalue weighted by Crippen LogP contribution is -2.35. The zero-order valence-corrected chi connectivity index (χ0v) is 9.93. The summed E-state index contributed by atoms with van der Waals surface area (Å²) in [5.41, 5.74) is 2.68. The van der Waals surface area contributed by atoms with E-state index in [9.17, 15) is 4.79 Å². The van der Waals surface area contributed by atoms with E-state index in [4.69, 9.17) is 0 Å². The van der Waals surface area contributed by atoms with Crippen LogP contribution in [0.3, 0.4) is 0 Å². The molecule has 0 bridgehead atoms. The van der Waals surface area contributed by atoms with E-state index in [1.54, 1.807) is 0 Å². The summed E-state index contributed by atoms with van der Waals surface area (Å²) in [6, 6.07) is 10.5. The molecule has 0 atom stereocenters. The summed E-state index contributed by atoms with van der Waals surface area (Å²) < 4.78 is 0. The van der Waals surface area contributed by atoms with Crippen LogP contribution in [-0.4, -0.2) is 23.9 Å². The lowest BCUT2D eigenvalue weighted by molar-refractivity contribution is -0.132. The Labute approximate surface area is 102 Å². The van der Waals surface area contributed by atoms with Crippen molar-refractivity contribution in [2.75, 3.05) is 13.1 Å². The van der Waals surface area contributed by atoms with Crippen LogP contribution < -0.4 is 0 Å². The minimum atomic E-state index is 0.349. The van der Waals surface area contributed by atoms with Gasteiger partial charge in [0.2, 0.25) is 5.91 Å². The number of hydrogen-bond acceptors (Lipinski definition) is 1. The number of nitrogens with zero attached hydrogens (tertiary/aromatic N) is 1. The van der Waals surface area contributed by atoms with Gasteiger partial charge in [0, 0.05) is 19.0 Å². The van der Waals surface area contributed by atoms with Gasteiger partial charge in [0.15, 0.2) is 0 Å². The largest absolute Gasteiger partial charge is 0.338 e. The second-order valence-electron chi connectivity index (χ2n) is 4.90. The molecule has 0 N–H and O–H groups in total. The van der Waals surface area contributed by atoms with Gasteiger partial charge in [-0.1, -0.05) is 36.4 Å². The molecular weight excluding hydrogens is 210 g/mol. The SMILES string of the molecule is O=C(C1CC1)N1CC=C(c2ccccc2)CC1. The van der Waals surface area contributed by atoms with Crippen LogP contribution in [0.25, 0.3) is 5.57 Å². The third-order valence-corrected chi connectivity index (χ3v) is 3.59. The zero-order chi connectivity index (χ0) is 11.7. The quantitative estimate of drug-likeness (QED) is 0.760. The maximum atomic E-state index is 11.9. The van der Waals surface area contributed by atoms with E-state index >= 15 is 0 Å². The minimum Gasteiger partial charge on any atom is -0.338 e. The van der Waals surface area contributed by atoms with E-state index in [0.717, 1.165) is 32.4 Å². The van der Waals surface area contributed by atoms with Crippen LogP contribution in [0.2, 0.25) is 0 Å². The Kier molecular flexibility index (Phi) is 2.71. The second kappa shape index (κ2) is 4.36. The molecule has 2 heteroatoms. The number of amides is 1. The number of benzene rings is 1. The molecule has 1 aliphatic carbocycles. The topological polar surface area (TPSA) is 20.3 Å². The Morgan fingerprint density at radius 2 is 1.94 bits per heavy atom. The normalized spacial score (nSPS) is 20.0. The predicted molar refractivity (Wildman–Crippen MR) is 68.3 cm³/mol. The van der Waals surface area contributed by atoms with Crippen LogP contribution in [0.4, 0.5) is 0 Å². The van der Waals surface area contributed by atoms with Gasteiger partial charge in [0.1, 0.15) is 0 Å². The summed E-state index contributed by atoms with van der Waals surface area (Å²) in [5.74, 6) is 0.718. The van der Waals surface area contributed by atoms with Crippen molar-refractivity contribution in [3.63, 3.8) is 0 Å². The highest BCUT2D eigenvalue weighted by Gasteiger charge is 2.33. The molecule has 1 aliphatic heterocycles. The number of rotatable bonds is 2. The fourth-order valence-electron chi connectivity index (χ4n) is 2.37. The van der Waals surface area contributed by atoms with Crippen LogP contribution in [-0.2, 0) is 4.79 Å². The molecule has 0 saturated heterocycles. The molecule has 1 amide bonds. The second-order valence-corrected chi connectivity index (χ2v) is 4.90. The molecule has 3 rings (SSSR count). The summed E-state index contributed by atoms with van der Waals surface area (Å²) in [6.45, 7) is 1.68. The van der Waals surface area contributed by atoms with Gasteiger partial charge in [0.05, 0.1) is 0 Å². The van der Waals surface area contributed by atoms with Gasteiger partial charge in [-0.2, -0.15) is 0 Å². The molecule has 1 heterocycles. The molecule has 0 unspecified atom stereocenters. The van der Waals surface area contributed by atoms with Crippen molar-refractivity contribution in [3.8, 4) is 0 Å². The first-order valence-electron chi connectivity index (χ1n) is 6.38. The van der Waals surface area contributed by atoms with Crippen molar-refractivity contribution in [3.05, 3.63) is 42.0 Å².